The average molecular weight is 208 g/mol. The standard InChI is InChI=1S/C11H16N2O2/c1-2-15-11(14)9-6-10-7-12-4-3-5-13(10)8-9/h6,8,12H,2-5,7H2,1H3. The highest BCUT2D eigenvalue weighted by molar-refractivity contribution is 5.89. The summed E-state index contributed by atoms with van der Waals surface area (Å²) in [7, 11) is 0. The van der Waals surface area contributed by atoms with Crippen molar-refractivity contribution in [1.82, 2.24) is 9.88 Å². The van der Waals surface area contributed by atoms with Crippen LogP contribution in [0.4, 0.5) is 0 Å². The Morgan fingerprint density at radius 2 is 2.53 bits per heavy atom. The second kappa shape index (κ2) is 4.49. The number of carbonyl (C=O) groups is 1. The van der Waals surface area contributed by atoms with Crippen molar-refractivity contribution in [3.8, 4) is 0 Å². The Hall–Kier alpha value is -1.29. The molecule has 4 heteroatoms. The molecule has 15 heavy (non-hydrogen) atoms. The molecule has 0 aromatic carbocycles. The van der Waals surface area contributed by atoms with Gasteiger partial charge in [-0.3, -0.25) is 0 Å². The third kappa shape index (κ3) is 2.21. The van der Waals surface area contributed by atoms with E-state index in [1.807, 2.05) is 19.2 Å². The van der Waals surface area contributed by atoms with Crippen LogP contribution < -0.4 is 5.32 Å². The number of esters is 1. The molecule has 0 radical (unpaired) electrons. The van der Waals surface area contributed by atoms with Gasteiger partial charge < -0.3 is 14.6 Å². The minimum Gasteiger partial charge on any atom is -0.462 e. The second-order valence-electron chi connectivity index (χ2n) is 3.66. The quantitative estimate of drug-likeness (QED) is 0.742. The van der Waals surface area contributed by atoms with Gasteiger partial charge in [0.1, 0.15) is 0 Å². The number of aryl methyl sites for hydroxylation is 1. The van der Waals surface area contributed by atoms with Crippen LogP contribution in [0.25, 0.3) is 0 Å². The van der Waals surface area contributed by atoms with E-state index in [9.17, 15) is 4.79 Å². The van der Waals surface area contributed by atoms with Crippen LogP contribution >= 0.6 is 0 Å². The number of aromatic nitrogens is 1. The van der Waals surface area contributed by atoms with Crippen molar-refractivity contribution in [2.45, 2.75) is 26.4 Å². The molecule has 0 saturated heterocycles. The topological polar surface area (TPSA) is 43.3 Å². The fourth-order valence-corrected chi connectivity index (χ4v) is 1.83. The summed E-state index contributed by atoms with van der Waals surface area (Å²) in [4.78, 5) is 11.5. The van der Waals surface area contributed by atoms with Gasteiger partial charge in [-0.2, -0.15) is 0 Å². The Morgan fingerprint density at radius 3 is 3.33 bits per heavy atom. The number of carbonyl (C=O) groups excluding carboxylic acids is 1. The van der Waals surface area contributed by atoms with Crippen LogP contribution in [0.15, 0.2) is 12.3 Å². The summed E-state index contributed by atoms with van der Waals surface area (Å²) in [6.45, 7) is 5.09. The molecule has 1 N–H and O–H groups in total. The normalized spacial score (nSPS) is 15.5. The smallest absolute Gasteiger partial charge is 0.339 e. The predicted octanol–water partition coefficient (Wildman–Crippen LogP) is 1.16. The zero-order chi connectivity index (χ0) is 10.7. The molecule has 0 amide bonds. The summed E-state index contributed by atoms with van der Waals surface area (Å²) in [5.74, 6) is -0.224. The first-order valence-electron chi connectivity index (χ1n) is 5.38. The fraction of sp³-hybridized carbons (Fsp3) is 0.545. The molecule has 1 aromatic rings. The molecule has 1 aromatic heterocycles. The van der Waals surface area contributed by atoms with Crippen LogP contribution in [0.2, 0.25) is 0 Å². The Bertz CT molecular complexity index is 334. The maximum atomic E-state index is 11.5. The van der Waals surface area contributed by atoms with Crippen molar-refractivity contribution in [3.05, 3.63) is 23.5 Å². The van der Waals surface area contributed by atoms with Gasteiger partial charge in [0, 0.05) is 25.0 Å². The minimum atomic E-state index is -0.224. The third-order valence-electron chi connectivity index (χ3n) is 2.56. The van der Waals surface area contributed by atoms with E-state index in [0.717, 1.165) is 31.7 Å². The lowest BCUT2D eigenvalue weighted by atomic mass is 10.3. The number of hydrogen-bond donors (Lipinski definition) is 1. The zero-order valence-electron chi connectivity index (χ0n) is 8.95. The van der Waals surface area contributed by atoms with Gasteiger partial charge in [0.05, 0.1) is 12.2 Å². The SMILES string of the molecule is CCOC(=O)c1cc2n(c1)CCCNC2. The lowest BCUT2D eigenvalue weighted by molar-refractivity contribution is 0.0526. The molecule has 0 bridgehead atoms. The number of fused-ring (bicyclic) bond motifs is 1. The van der Waals surface area contributed by atoms with Crippen LogP contribution in [0.1, 0.15) is 29.4 Å². The average Bonchev–Trinajstić information content (AvgIpc) is 2.51. The van der Waals surface area contributed by atoms with Crippen LogP contribution in [-0.2, 0) is 17.8 Å². The molecule has 0 spiro atoms. The van der Waals surface area contributed by atoms with Crippen molar-refractivity contribution < 1.29 is 9.53 Å². The fourth-order valence-electron chi connectivity index (χ4n) is 1.83. The van der Waals surface area contributed by atoms with Crippen LogP contribution in [-0.4, -0.2) is 23.7 Å². The van der Waals surface area contributed by atoms with E-state index in [-0.39, 0.29) is 5.97 Å². The monoisotopic (exact) mass is 208 g/mol. The molecule has 0 saturated carbocycles. The van der Waals surface area contributed by atoms with Gasteiger partial charge in [-0.15, -0.1) is 0 Å². The van der Waals surface area contributed by atoms with Gasteiger partial charge in [0.2, 0.25) is 0 Å². The highest BCUT2D eigenvalue weighted by atomic mass is 16.5. The van der Waals surface area contributed by atoms with Crippen LogP contribution in [0.5, 0.6) is 0 Å². The molecule has 82 valence electrons. The summed E-state index contributed by atoms with van der Waals surface area (Å²) in [6, 6.07) is 1.91. The summed E-state index contributed by atoms with van der Waals surface area (Å²) in [6.07, 6.45) is 2.99. The van der Waals surface area contributed by atoms with Gasteiger partial charge in [-0.25, -0.2) is 4.79 Å². The van der Waals surface area contributed by atoms with Crippen LogP contribution in [0, 0.1) is 0 Å². The Labute approximate surface area is 89.2 Å². The van der Waals surface area contributed by atoms with Crippen molar-refractivity contribution in [3.63, 3.8) is 0 Å². The molecular weight excluding hydrogens is 192 g/mol. The molecule has 0 unspecified atom stereocenters. The predicted molar refractivity (Wildman–Crippen MR) is 56.7 cm³/mol. The van der Waals surface area contributed by atoms with E-state index in [0.29, 0.717) is 12.2 Å². The molecule has 2 rings (SSSR count). The van der Waals surface area contributed by atoms with Gasteiger partial charge in [0.25, 0.3) is 0 Å². The minimum absolute atomic E-state index is 0.224. The highest BCUT2D eigenvalue weighted by Gasteiger charge is 2.14. The van der Waals surface area contributed by atoms with E-state index in [1.54, 1.807) is 0 Å². The Morgan fingerprint density at radius 1 is 1.67 bits per heavy atom. The number of rotatable bonds is 2. The Balaban J connectivity index is 2.18. The molecule has 1 aliphatic heterocycles. The maximum absolute atomic E-state index is 11.5. The maximum Gasteiger partial charge on any atom is 0.339 e. The summed E-state index contributed by atoms with van der Waals surface area (Å²) >= 11 is 0. The van der Waals surface area contributed by atoms with Crippen LogP contribution in [0.3, 0.4) is 0 Å². The van der Waals surface area contributed by atoms with Gasteiger partial charge in [-0.1, -0.05) is 0 Å². The van der Waals surface area contributed by atoms with Gasteiger partial charge in [-0.05, 0) is 26.0 Å². The van der Waals surface area contributed by atoms with Gasteiger partial charge >= 0.3 is 5.97 Å². The first-order valence-corrected chi connectivity index (χ1v) is 5.38. The van der Waals surface area contributed by atoms with Crippen molar-refractivity contribution in [2.75, 3.05) is 13.2 Å². The summed E-state index contributed by atoms with van der Waals surface area (Å²) < 4.78 is 7.10. The van der Waals surface area contributed by atoms with Crippen molar-refractivity contribution >= 4 is 5.97 Å². The van der Waals surface area contributed by atoms with Crippen molar-refractivity contribution in [1.29, 1.82) is 0 Å². The molecule has 0 aliphatic carbocycles. The van der Waals surface area contributed by atoms with E-state index >= 15 is 0 Å². The van der Waals surface area contributed by atoms with E-state index in [4.69, 9.17) is 4.74 Å². The molecular formula is C11H16N2O2. The lowest BCUT2D eigenvalue weighted by Gasteiger charge is -2.01. The number of ether oxygens (including phenoxy) is 1. The molecule has 0 fully saturated rings. The molecule has 0 atom stereocenters. The molecule has 4 nitrogen and oxygen atoms in total. The summed E-state index contributed by atoms with van der Waals surface area (Å²) in [5, 5.41) is 3.31. The first kappa shape index (κ1) is 10.2. The number of hydrogen-bond acceptors (Lipinski definition) is 3. The second-order valence-corrected chi connectivity index (χ2v) is 3.66. The molecule has 2 heterocycles. The zero-order valence-corrected chi connectivity index (χ0v) is 8.95. The number of nitrogens with zero attached hydrogens (tertiary/aromatic N) is 1. The number of nitrogens with one attached hydrogen (secondary N) is 1. The summed E-state index contributed by atoms with van der Waals surface area (Å²) in [5.41, 5.74) is 1.83. The van der Waals surface area contributed by atoms with E-state index < -0.39 is 0 Å². The largest absolute Gasteiger partial charge is 0.462 e. The van der Waals surface area contributed by atoms with E-state index in [2.05, 4.69) is 9.88 Å². The van der Waals surface area contributed by atoms with E-state index in [1.165, 1.54) is 0 Å². The third-order valence-corrected chi connectivity index (χ3v) is 2.56. The molecule has 1 aliphatic rings. The van der Waals surface area contributed by atoms with Crippen molar-refractivity contribution in [2.24, 2.45) is 0 Å². The lowest BCUT2D eigenvalue weighted by Crippen LogP contribution is -2.12. The first-order chi connectivity index (χ1) is 7.31. The highest BCUT2D eigenvalue weighted by Crippen LogP contribution is 2.12. The van der Waals surface area contributed by atoms with Gasteiger partial charge in [0.15, 0.2) is 0 Å². The Kier molecular flexibility index (Phi) is 3.06.